The van der Waals surface area contributed by atoms with Crippen LogP contribution in [-0.2, 0) is 10.0 Å². The molecule has 1 aliphatic heterocycles. The van der Waals surface area contributed by atoms with Crippen LogP contribution in [0.15, 0.2) is 29.2 Å². The fourth-order valence-electron chi connectivity index (χ4n) is 3.12. The van der Waals surface area contributed by atoms with Crippen LogP contribution in [0.25, 0.3) is 6.08 Å². The van der Waals surface area contributed by atoms with Gasteiger partial charge in [0.05, 0.1) is 6.61 Å². The Hall–Kier alpha value is -1.41. The van der Waals surface area contributed by atoms with Gasteiger partial charge in [0.1, 0.15) is 16.7 Å². The Bertz CT molecular complexity index is 746. The van der Waals surface area contributed by atoms with Crippen molar-refractivity contribution in [3.8, 4) is 5.75 Å². The fraction of sp³-hybridized carbons (Fsp3) is 0.579. The molecule has 0 saturated heterocycles. The Labute approximate surface area is 157 Å². The summed E-state index contributed by atoms with van der Waals surface area (Å²) in [7, 11) is 0.178. The van der Waals surface area contributed by atoms with Crippen molar-refractivity contribution in [3.63, 3.8) is 0 Å². The lowest BCUT2D eigenvalue weighted by Crippen LogP contribution is -2.49. The molecule has 1 heterocycles. The maximum absolute atomic E-state index is 13.2. The molecule has 0 bridgehead atoms. The zero-order valence-corrected chi connectivity index (χ0v) is 17.0. The summed E-state index contributed by atoms with van der Waals surface area (Å²) >= 11 is 0. The van der Waals surface area contributed by atoms with Crippen molar-refractivity contribution >= 4 is 16.1 Å². The van der Waals surface area contributed by atoms with Gasteiger partial charge in [-0.15, -0.1) is 0 Å². The third kappa shape index (κ3) is 4.46. The molecule has 0 unspecified atom stereocenters. The van der Waals surface area contributed by atoms with Crippen molar-refractivity contribution in [1.82, 2.24) is 9.21 Å². The molecule has 1 aliphatic rings. The van der Waals surface area contributed by atoms with Gasteiger partial charge in [0.25, 0.3) is 0 Å². The standard InChI is InChI=1S/C19H30N2O4S/c1-6-7-16-8-9-19-17(10-16)25-18(12-20(4)5)14(2)11-21(15(3)13-22)26(19,23)24/h6-10,14-15,18,22H,11-13H2,1-5H3/b7-6+/t14-,15+,18+/m0/s1. The number of fused-ring (bicyclic) bond motifs is 1. The molecule has 1 N–H and O–H groups in total. The SMILES string of the molecule is C/C=C/c1ccc2c(c1)O[C@H](CN(C)C)[C@@H](C)CN([C@H](C)CO)S2(=O)=O. The molecule has 0 radical (unpaired) electrons. The third-order valence-electron chi connectivity index (χ3n) is 4.60. The molecule has 1 aromatic carbocycles. The van der Waals surface area contributed by atoms with Gasteiger partial charge in [-0.05, 0) is 45.6 Å². The van der Waals surface area contributed by atoms with Gasteiger partial charge >= 0.3 is 0 Å². The van der Waals surface area contributed by atoms with Crippen molar-refractivity contribution in [2.75, 3.05) is 33.8 Å². The molecule has 0 fully saturated rings. The van der Waals surface area contributed by atoms with E-state index < -0.39 is 16.1 Å². The molecule has 7 heteroatoms. The summed E-state index contributed by atoms with van der Waals surface area (Å²) in [6, 6.07) is 4.64. The van der Waals surface area contributed by atoms with Gasteiger partial charge in [-0.3, -0.25) is 0 Å². The van der Waals surface area contributed by atoms with Crippen LogP contribution in [0.3, 0.4) is 0 Å². The molecule has 0 aliphatic carbocycles. The van der Waals surface area contributed by atoms with E-state index in [1.165, 1.54) is 4.31 Å². The Morgan fingerprint density at radius 3 is 2.69 bits per heavy atom. The molecule has 3 atom stereocenters. The van der Waals surface area contributed by atoms with Gasteiger partial charge in [0.2, 0.25) is 10.0 Å². The Kier molecular flexibility index (Phi) is 6.85. The first-order chi connectivity index (χ1) is 12.2. The van der Waals surface area contributed by atoms with E-state index in [-0.39, 0.29) is 23.5 Å². The van der Waals surface area contributed by atoms with Gasteiger partial charge in [-0.25, -0.2) is 8.42 Å². The highest BCUT2D eigenvalue weighted by Gasteiger charge is 2.37. The number of hydrogen-bond donors (Lipinski definition) is 1. The van der Waals surface area contributed by atoms with E-state index in [4.69, 9.17) is 4.74 Å². The largest absolute Gasteiger partial charge is 0.487 e. The Morgan fingerprint density at radius 1 is 1.42 bits per heavy atom. The number of likely N-dealkylation sites (N-methyl/N-ethyl adjacent to an activating group) is 1. The lowest BCUT2D eigenvalue weighted by molar-refractivity contribution is 0.0812. The van der Waals surface area contributed by atoms with E-state index >= 15 is 0 Å². The number of sulfonamides is 1. The van der Waals surface area contributed by atoms with E-state index in [1.54, 1.807) is 25.1 Å². The fourth-order valence-corrected chi connectivity index (χ4v) is 4.94. The van der Waals surface area contributed by atoms with E-state index in [1.807, 2.05) is 45.0 Å². The predicted octanol–water partition coefficient (Wildman–Crippen LogP) is 2.05. The number of aliphatic hydroxyl groups excluding tert-OH is 1. The summed E-state index contributed by atoms with van der Waals surface area (Å²) < 4.78 is 34.1. The van der Waals surface area contributed by atoms with Crippen LogP contribution in [0.2, 0.25) is 0 Å². The van der Waals surface area contributed by atoms with Crippen molar-refractivity contribution in [3.05, 3.63) is 29.8 Å². The maximum Gasteiger partial charge on any atom is 0.247 e. The number of rotatable bonds is 5. The second-order valence-corrected chi connectivity index (χ2v) is 9.07. The minimum Gasteiger partial charge on any atom is -0.487 e. The van der Waals surface area contributed by atoms with E-state index in [2.05, 4.69) is 0 Å². The zero-order chi connectivity index (χ0) is 19.5. The third-order valence-corrected chi connectivity index (χ3v) is 6.61. The summed E-state index contributed by atoms with van der Waals surface area (Å²) in [5.74, 6) is 0.342. The molecular formula is C19H30N2O4S. The van der Waals surface area contributed by atoms with E-state index in [0.29, 0.717) is 18.8 Å². The van der Waals surface area contributed by atoms with Crippen molar-refractivity contribution < 1.29 is 18.3 Å². The number of benzene rings is 1. The summed E-state index contributed by atoms with van der Waals surface area (Å²) in [5.41, 5.74) is 0.889. The number of ether oxygens (including phenoxy) is 1. The first kappa shape index (κ1) is 20.9. The minimum absolute atomic E-state index is 0.0281. The van der Waals surface area contributed by atoms with Crippen molar-refractivity contribution in [2.24, 2.45) is 5.92 Å². The smallest absolute Gasteiger partial charge is 0.247 e. The normalized spacial score (nSPS) is 24.7. The average molecular weight is 383 g/mol. The number of aliphatic hydroxyl groups is 1. The monoisotopic (exact) mass is 382 g/mol. The zero-order valence-electron chi connectivity index (χ0n) is 16.2. The molecule has 6 nitrogen and oxygen atoms in total. The number of hydrogen-bond acceptors (Lipinski definition) is 5. The van der Waals surface area contributed by atoms with Gasteiger partial charge in [0.15, 0.2) is 0 Å². The molecule has 2 rings (SSSR count). The topological polar surface area (TPSA) is 70.1 Å². The molecule has 1 aromatic rings. The summed E-state index contributed by atoms with van der Waals surface area (Å²) in [5, 5.41) is 9.59. The van der Waals surface area contributed by atoms with Gasteiger partial charge in [0, 0.05) is 25.0 Å². The molecule has 146 valence electrons. The van der Waals surface area contributed by atoms with Gasteiger partial charge in [-0.1, -0.05) is 25.1 Å². The second kappa shape index (κ2) is 8.52. The van der Waals surface area contributed by atoms with Crippen LogP contribution in [0.5, 0.6) is 5.75 Å². The first-order valence-corrected chi connectivity index (χ1v) is 10.4. The Balaban J connectivity index is 2.61. The van der Waals surface area contributed by atoms with Crippen LogP contribution in [0.1, 0.15) is 26.3 Å². The Morgan fingerprint density at radius 2 is 2.12 bits per heavy atom. The molecule has 26 heavy (non-hydrogen) atoms. The lowest BCUT2D eigenvalue weighted by Gasteiger charge is -2.37. The van der Waals surface area contributed by atoms with E-state index in [9.17, 15) is 13.5 Å². The van der Waals surface area contributed by atoms with Gasteiger partial charge in [-0.2, -0.15) is 4.31 Å². The van der Waals surface area contributed by atoms with Crippen molar-refractivity contribution in [2.45, 2.75) is 37.8 Å². The van der Waals surface area contributed by atoms with Crippen LogP contribution in [0.4, 0.5) is 0 Å². The van der Waals surface area contributed by atoms with Crippen LogP contribution in [0, 0.1) is 5.92 Å². The summed E-state index contributed by atoms with van der Waals surface area (Å²) in [6.45, 7) is 6.38. The predicted molar refractivity (Wildman–Crippen MR) is 104 cm³/mol. The van der Waals surface area contributed by atoms with Crippen LogP contribution in [-0.4, -0.2) is 68.7 Å². The summed E-state index contributed by atoms with van der Waals surface area (Å²) in [4.78, 5) is 2.19. The average Bonchev–Trinajstić information content (AvgIpc) is 2.57. The van der Waals surface area contributed by atoms with Gasteiger partial charge < -0.3 is 14.7 Å². The molecule has 0 amide bonds. The molecule has 0 aromatic heterocycles. The molecular weight excluding hydrogens is 352 g/mol. The first-order valence-electron chi connectivity index (χ1n) is 8.91. The quantitative estimate of drug-likeness (QED) is 0.844. The van der Waals surface area contributed by atoms with Crippen LogP contribution >= 0.6 is 0 Å². The van der Waals surface area contributed by atoms with E-state index in [0.717, 1.165) is 5.56 Å². The minimum atomic E-state index is -3.76. The highest BCUT2D eigenvalue weighted by Crippen LogP contribution is 2.34. The summed E-state index contributed by atoms with van der Waals surface area (Å²) in [6.07, 6.45) is 3.65. The maximum atomic E-state index is 13.2. The highest BCUT2D eigenvalue weighted by molar-refractivity contribution is 7.89. The second-order valence-electron chi connectivity index (χ2n) is 7.21. The highest BCUT2D eigenvalue weighted by atomic mass is 32.2. The number of nitrogens with zero attached hydrogens (tertiary/aromatic N) is 2. The molecule has 0 spiro atoms. The van der Waals surface area contributed by atoms with Crippen molar-refractivity contribution in [1.29, 1.82) is 0 Å². The number of allylic oxidation sites excluding steroid dienone is 1. The lowest BCUT2D eigenvalue weighted by atomic mass is 10.0. The molecule has 0 saturated carbocycles. The van der Waals surface area contributed by atoms with Crippen LogP contribution < -0.4 is 4.74 Å².